The van der Waals surface area contributed by atoms with Crippen LogP contribution in [0.25, 0.3) is 11.4 Å². The molecular formula is C21H24FN3S2. The van der Waals surface area contributed by atoms with Gasteiger partial charge in [-0.15, -0.1) is 21.5 Å². The molecule has 3 nitrogen and oxygen atoms in total. The summed E-state index contributed by atoms with van der Waals surface area (Å²) in [5.41, 5.74) is 3.42. The Morgan fingerprint density at radius 3 is 2.96 bits per heavy atom. The fourth-order valence-corrected chi connectivity index (χ4v) is 5.84. The van der Waals surface area contributed by atoms with Gasteiger partial charge in [0.15, 0.2) is 11.0 Å². The molecule has 27 heavy (non-hydrogen) atoms. The number of hydrogen-bond donors (Lipinski definition) is 0. The van der Waals surface area contributed by atoms with Crippen molar-refractivity contribution in [2.75, 3.05) is 0 Å². The molecule has 2 aromatic heterocycles. The maximum absolute atomic E-state index is 13.9. The van der Waals surface area contributed by atoms with Crippen LogP contribution in [0.15, 0.2) is 34.8 Å². The van der Waals surface area contributed by atoms with E-state index in [2.05, 4.69) is 34.0 Å². The maximum atomic E-state index is 13.9. The summed E-state index contributed by atoms with van der Waals surface area (Å²) < 4.78 is 16.1. The molecule has 0 radical (unpaired) electrons. The largest absolute Gasteiger partial charge is 0.302 e. The normalized spacial score (nSPS) is 16.5. The smallest absolute Gasteiger partial charge is 0.191 e. The van der Waals surface area contributed by atoms with Crippen LogP contribution in [0.3, 0.4) is 0 Å². The molecule has 0 aliphatic heterocycles. The first-order valence-electron chi connectivity index (χ1n) is 9.56. The number of thioether (sulfide) groups is 1. The molecule has 1 atom stereocenters. The van der Waals surface area contributed by atoms with Crippen LogP contribution in [0, 0.1) is 11.7 Å². The Labute approximate surface area is 168 Å². The van der Waals surface area contributed by atoms with E-state index in [1.165, 1.54) is 34.9 Å². The lowest BCUT2D eigenvalue weighted by Gasteiger charge is -2.19. The molecule has 0 spiro atoms. The third-order valence-corrected chi connectivity index (χ3v) is 7.19. The summed E-state index contributed by atoms with van der Waals surface area (Å²) in [5, 5.41) is 12.1. The first-order chi connectivity index (χ1) is 13.2. The number of hydrogen-bond acceptors (Lipinski definition) is 4. The van der Waals surface area contributed by atoms with Gasteiger partial charge in [0.2, 0.25) is 0 Å². The van der Waals surface area contributed by atoms with Crippen molar-refractivity contribution in [3.8, 4) is 11.4 Å². The van der Waals surface area contributed by atoms with Crippen LogP contribution in [0.2, 0.25) is 0 Å². The molecule has 1 aliphatic rings. The van der Waals surface area contributed by atoms with E-state index in [4.69, 9.17) is 0 Å². The zero-order valence-electron chi connectivity index (χ0n) is 15.7. The molecule has 2 heterocycles. The van der Waals surface area contributed by atoms with E-state index in [1.807, 2.05) is 23.5 Å². The first kappa shape index (κ1) is 18.7. The third kappa shape index (κ3) is 3.83. The van der Waals surface area contributed by atoms with Crippen molar-refractivity contribution in [3.05, 3.63) is 51.5 Å². The van der Waals surface area contributed by atoms with E-state index >= 15 is 0 Å². The van der Waals surface area contributed by atoms with E-state index in [9.17, 15) is 4.39 Å². The minimum absolute atomic E-state index is 0.159. The van der Waals surface area contributed by atoms with Crippen LogP contribution in [0.1, 0.15) is 42.7 Å². The van der Waals surface area contributed by atoms with Crippen molar-refractivity contribution < 1.29 is 4.39 Å². The Kier molecular flexibility index (Phi) is 5.64. The summed E-state index contributed by atoms with van der Waals surface area (Å²) in [5.74, 6) is 2.14. The highest BCUT2D eigenvalue weighted by atomic mass is 32.2. The van der Waals surface area contributed by atoms with Crippen molar-refractivity contribution in [2.45, 2.75) is 57.0 Å². The summed E-state index contributed by atoms with van der Waals surface area (Å²) in [6.45, 7) is 5.38. The number of aromatic nitrogens is 3. The van der Waals surface area contributed by atoms with Gasteiger partial charge >= 0.3 is 0 Å². The Bertz CT molecular complexity index is 931. The molecule has 1 unspecified atom stereocenters. The van der Waals surface area contributed by atoms with Gasteiger partial charge in [-0.05, 0) is 48.8 Å². The number of thiophene rings is 1. The molecule has 6 heteroatoms. The van der Waals surface area contributed by atoms with Gasteiger partial charge < -0.3 is 4.57 Å². The van der Waals surface area contributed by atoms with E-state index in [-0.39, 0.29) is 5.82 Å². The molecule has 0 N–H and O–H groups in total. The van der Waals surface area contributed by atoms with Crippen LogP contribution in [-0.4, -0.2) is 14.8 Å². The van der Waals surface area contributed by atoms with Crippen molar-refractivity contribution in [2.24, 2.45) is 5.92 Å². The van der Waals surface area contributed by atoms with Gasteiger partial charge in [0, 0.05) is 28.1 Å². The maximum Gasteiger partial charge on any atom is 0.191 e. The molecule has 4 rings (SSSR count). The zero-order valence-corrected chi connectivity index (χ0v) is 17.4. The van der Waals surface area contributed by atoms with Crippen LogP contribution in [0.5, 0.6) is 0 Å². The molecule has 1 aromatic carbocycles. The molecule has 1 aliphatic carbocycles. The Balaban J connectivity index is 1.62. The van der Waals surface area contributed by atoms with E-state index < -0.39 is 0 Å². The fraction of sp³-hybridized carbons (Fsp3) is 0.429. The van der Waals surface area contributed by atoms with E-state index in [1.54, 1.807) is 17.8 Å². The third-order valence-electron chi connectivity index (χ3n) is 5.12. The summed E-state index contributed by atoms with van der Waals surface area (Å²) in [6.07, 6.45) is 4.57. The molecule has 3 aromatic rings. The van der Waals surface area contributed by atoms with Crippen LogP contribution >= 0.6 is 23.1 Å². The topological polar surface area (TPSA) is 30.7 Å². The second-order valence-corrected chi connectivity index (χ2v) is 9.14. The van der Waals surface area contributed by atoms with E-state index in [0.29, 0.717) is 11.3 Å². The molecule has 0 amide bonds. The predicted octanol–water partition coefficient (Wildman–Crippen LogP) is 5.97. The second kappa shape index (κ2) is 8.15. The van der Waals surface area contributed by atoms with Gasteiger partial charge in [-0.2, -0.15) is 0 Å². The van der Waals surface area contributed by atoms with Gasteiger partial charge in [0.25, 0.3) is 0 Å². The molecule has 0 bridgehead atoms. The average Bonchev–Trinajstić information content (AvgIpc) is 3.25. The Morgan fingerprint density at radius 2 is 2.15 bits per heavy atom. The fourth-order valence-electron chi connectivity index (χ4n) is 3.64. The number of rotatable bonds is 6. The van der Waals surface area contributed by atoms with Gasteiger partial charge in [0.05, 0.1) is 0 Å². The van der Waals surface area contributed by atoms with Crippen LogP contribution in [-0.2, 0) is 25.1 Å². The van der Waals surface area contributed by atoms with Crippen molar-refractivity contribution in [1.82, 2.24) is 14.8 Å². The number of nitrogens with zero attached hydrogens (tertiary/aromatic N) is 3. The molecule has 0 fully saturated rings. The van der Waals surface area contributed by atoms with Crippen LogP contribution < -0.4 is 0 Å². The second-order valence-electron chi connectivity index (χ2n) is 7.24. The lowest BCUT2D eigenvalue weighted by Crippen LogP contribution is -2.10. The van der Waals surface area contributed by atoms with E-state index in [0.717, 1.165) is 36.3 Å². The SMILES string of the molecule is CCCn1c(SCc2ccccc2F)nnc1-c1csc2c1CCC(C)C2. The van der Waals surface area contributed by atoms with Crippen LogP contribution in [0.4, 0.5) is 4.39 Å². The number of benzene rings is 1. The highest BCUT2D eigenvalue weighted by Crippen LogP contribution is 2.38. The van der Waals surface area contributed by atoms with Crippen molar-refractivity contribution >= 4 is 23.1 Å². The summed E-state index contributed by atoms with van der Waals surface area (Å²) >= 11 is 3.42. The van der Waals surface area contributed by atoms with Gasteiger partial charge in [0.1, 0.15) is 5.82 Å². The molecule has 142 valence electrons. The molecular weight excluding hydrogens is 377 g/mol. The quantitative estimate of drug-likeness (QED) is 0.477. The highest BCUT2D eigenvalue weighted by molar-refractivity contribution is 7.98. The predicted molar refractivity (Wildman–Crippen MR) is 111 cm³/mol. The highest BCUT2D eigenvalue weighted by Gasteiger charge is 2.24. The molecule has 0 saturated carbocycles. The zero-order chi connectivity index (χ0) is 18.8. The van der Waals surface area contributed by atoms with Gasteiger partial charge in [-0.3, -0.25) is 0 Å². The lowest BCUT2D eigenvalue weighted by molar-refractivity contribution is 0.508. The average molecular weight is 402 g/mol. The summed E-state index contributed by atoms with van der Waals surface area (Å²) in [6, 6.07) is 6.94. The van der Waals surface area contributed by atoms with Crippen molar-refractivity contribution in [1.29, 1.82) is 0 Å². The minimum Gasteiger partial charge on any atom is -0.302 e. The lowest BCUT2D eigenvalue weighted by atomic mass is 9.88. The Hall–Kier alpha value is -1.66. The van der Waals surface area contributed by atoms with Crippen molar-refractivity contribution in [3.63, 3.8) is 0 Å². The number of halogens is 1. The van der Waals surface area contributed by atoms with Gasteiger partial charge in [-0.25, -0.2) is 4.39 Å². The first-order valence-corrected chi connectivity index (χ1v) is 11.4. The summed E-state index contributed by atoms with van der Waals surface area (Å²) in [7, 11) is 0. The Morgan fingerprint density at radius 1 is 1.30 bits per heavy atom. The monoisotopic (exact) mass is 401 g/mol. The summed E-state index contributed by atoms with van der Waals surface area (Å²) in [4.78, 5) is 1.51. The molecule has 0 saturated heterocycles. The standard InChI is InChI=1S/C21H24FN3S2/c1-3-10-25-20(17-13-26-19-11-14(2)8-9-16(17)19)23-24-21(25)27-12-15-6-4-5-7-18(15)22/h4-7,13-14H,3,8-12H2,1-2H3. The number of fused-ring (bicyclic) bond motifs is 1. The minimum atomic E-state index is -0.159. The van der Waals surface area contributed by atoms with Gasteiger partial charge in [-0.1, -0.05) is 43.8 Å².